The van der Waals surface area contributed by atoms with Crippen molar-refractivity contribution in [3.8, 4) is 17.3 Å². The third-order valence-electron chi connectivity index (χ3n) is 4.16. The average Bonchev–Trinajstić information content (AvgIpc) is 2.92. The second-order valence-corrected chi connectivity index (χ2v) is 5.58. The van der Waals surface area contributed by atoms with E-state index in [0.29, 0.717) is 16.9 Å². The van der Waals surface area contributed by atoms with E-state index in [-0.39, 0.29) is 0 Å². The molecule has 4 nitrogen and oxygen atoms in total. The fraction of sp³-hybridized carbons (Fsp3) is 0.105. The number of hydrogen-bond donors (Lipinski definition) is 0. The van der Waals surface area contributed by atoms with E-state index in [0.717, 1.165) is 27.6 Å². The van der Waals surface area contributed by atoms with Gasteiger partial charge in [-0.3, -0.25) is 0 Å². The van der Waals surface area contributed by atoms with Gasteiger partial charge in [0, 0.05) is 29.1 Å². The molecule has 0 atom stereocenters. The minimum Gasteiger partial charge on any atom is -0.438 e. The zero-order chi connectivity index (χ0) is 16.0. The van der Waals surface area contributed by atoms with Gasteiger partial charge in [-0.2, -0.15) is 5.26 Å². The molecule has 4 rings (SSSR count). The maximum absolute atomic E-state index is 9.85. The average molecular weight is 300 g/mol. The highest BCUT2D eigenvalue weighted by atomic mass is 16.3. The van der Waals surface area contributed by atoms with Gasteiger partial charge in [-0.25, -0.2) is 9.55 Å². The van der Waals surface area contributed by atoms with Crippen LogP contribution in [0.25, 0.3) is 33.3 Å². The number of nitriles is 1. The monoisotopic (exact) mass is 300 g/mol. The third-order valence-corrected chi connectivity index (χ3v) is 4.16. The summed E-state index contributed by atoms with van der Waals surface area (Å²) in [5.74, 6) is 0. The number of pyridine rings is 2. The summed E-state index contributed by atoms with van der Waals surface area (Å²) in [4.78, 5) is 4.26. The smallest absolute Gasteiger partial charge is 0.227 e. The van der Waals surface area contributed by atoms with Crippen LogP contribution in [0, 0.1) is 18.3 Å². The summed E-state index contributed by atoms with van der Waals surface area (Å²) in [5.41, 5.74) is 4.85. The molecule has 0 spiro atoms. The van der Waals surface area contributed by atoms with Gasteiger partial charge in [-0.1, -0.05) is 0 Å². The maximum atomic E-state index is 9.85. The largest absolute Gasteiger partial charge is 0.438 e. The molecule has 3 heterocycles. The Kier molecular flexibility index (Phi) is 2.88. The molecule has 110 valence electrons. The van der Waals surface area contributed by atoms with Crippen LogP contribution in [0.1, 0.15) is 11.1 Å². The van der Waals surface area contributed by atoms with Crippen LogP contribution in [0.3, 0.4) is 0 Å². The van der Waals surface area contributed by atoms with Crippen molar-refractivity contribution >= 4 is 22.1 Å². The van der Waals surface area contributed by atoms with Gasteiger partial charge in [0.15, 0.2) is 6.20 Å². The molecule has 4 aromatic rings. The highest BCUT2D eigenvalue weighted by Gasteiger charge is 2.22. The number of aromatic nitrogens is 2. The van der Waals surface area contributed by atoms with Crippen LogP contribution in [0.15, 0.2) is 53.2 Å². The van der Waals surface area contributed by atoms with Gasteiger partial charge in [0.2, 0.25) is 11.4 Å². The van der Waals surface area contributed by atoms with Crippen molar-refractivity contribution in [3.63, 3.8) is 0 Å². The first-order valence-electron chi connectivity index (χ1n) is 7.36. The van der Waals surface area contributed by atoms with E-state index in [2.05, 4.69) is 11.1 Å². The van der Waals surface area contributed by atoms with E-state index in [1.54, 1.807) is 6.20 Å². The molecule has 0 N–H and O–H groups in total. The molecule has 0 radical (unpaired) electrons. The standard InChI is InChI=1S/C19H14N3O/c1-12-10-16-18(13-6-5-8-21-19(13)23-16)14(11-20)17(12)15-7-3-4-9-22(15)2/h3-10H,1-2H3/q+1. The third kappa shape index (κ3) is 1.91. The highest BCUT2D eigenvalue weighted by Crippen LogP contribution is 2.36. The van der Waals surface area contributed by atoms with Crippen LogP contribution in [-0.2, 0) is 7.05 Å². The van der Waals surface area contributed by atoms with Crippen molar-refractivity contribution in [1.29, 1.82) is 5.26 Å². The van der Waals surface area contributed by atoms with Crippen molar-refractivity contribution < 1.29 is 8.98 Å². The Labute approximate surface area is 133 Å². The van der Waals surface area contributed by atoms with Gasteiger partial charge < -0.3 is 4.42 Å². The predicted octanol–water partition coefficient (Wildman–Crippen LogP) is 3.65. The molecular weight excluding hydrogens is 286 g/mol. The Morgan fingerprint density at radius 3 is 2.87 bits per heavy atom. The summed E-state index contributed by atoms with van der Waals surface area (Å²) in [5, 5.41) is 11.6. The van der Waals surface area contributed by atoms with E-state index in [9.17, 15) is 5.26 Å². The molecule has 0 aliphatic carbocycles. The number of rotatable bonds is 1. The first-order valence-corrected chi connectivity index (χ1v) is 7.36. The summed E-state index contributed by atoms with van der Waals surface area (Å²) in [6.45, 7) is 2.00. The molecule has 23 heavy (non-hydrogen) atoms. The lowest BCUT2D eigenvalue weighted by Gasteiger charge is -2.07. The first-order chi connectivity index (χ1) is 11.2. The van der Waals surface area contributed by atoms with Gasteiger partial charge >= 0.3 is 0 Å². The van der Waals surface area contributed by atoms with Crippen molar-refractivity contribution in [3.05, 3.63) is 59.9 Å². The quantitative estimate of drug-likeness (QED) is 0.504. The van der Waals surface area contributed by atoms with Crippen molar-refractivity contribution in [2.24, 2.45) is 7.05 Å². The van der Waals surface area contributed by atoms with Gasteiger partial charge in [-0.05, 0) is 36.8 Å². The molecule has 0 aliphatic heterocycles. The molecule has 1 aromatic carbocycles. The van der Waals surface area contributed by atoms with Gasteiger partial charge in [0.25, 0.3) is 0 Å². The molecule has 0 amide bonds. The van der Waals surface area contributed by atoms with E-state index >= 15 is 0 Å². The van der Waals surface area contributed by atoms with Gasteiger partial charge in [0.05, 0.1) is 11.1 Å². The van der Waals surface area contributed by atoms with E-state index < -0.39 is 0 Å². The lowest BCUT2D eigenvalue weighted by atomic mass is 9.94. The second kappa shape index (κ2) is 4.92. The number of fused-ring (bicyclic) bond motifs is 3. The van der Waals surface area contributed by atoms with Crippen molar-refractivity contribution in [2.75, 3.05) is 0 Å². The number of benzene rings is 1. The zero-order valence-corrected chi connectivity index (χ0v) is 12.9. The Bertz CT molecular complexity index is 1100. The predicted molar refractivity (Wildman–Crippen MR) is 87.6 cm³/mol. The molecule has 0 aliphatic rings. The van der Waals surface area contributed by atoms with Crippen LogP contribution in [0.4, 0.5) is 0 Å². The van der Waals surface area contributed by atoms with Crippen LogP contribution in [-0.4, -0.2) is 4.98 Å². The van der Waals surface area contributed by atoms with Crippen LogP contribution in [0.5, 0.6) is 0 Å². The Morgan fingerprint density at radius 2 is 2.09 bits per heavy atom. The Morgan fingerprint density at radius 1 is 1.22 bits per heavy atom. The van der Waals surface area contributed by atoms with Crippen molar-refractivity contribution in [2.45, 2.75) is 6.92 Å². The van der Waals surface area contributed by atoms with Crippen molar-refractivity contribution in [1.82, 2.24) is 4.98 Å². The van der Waals surface area contributed by atoms with Gasteiger partial charge in [-0.15, -0.1) is 0 Å². The Balaban J connectivity index is 2.22. The van der Waals surface area contributed by atoms with E-state index in [1.165, 1.54) is 0 Å². The van der Waals surface area contributed by atoms with E-state index in [1.807, 2.05) is 61.1 Å². The normalized spacial score (nSPS) is 11.0. The fourth-order valence-corrected chi connectivity index (χ4v) is 3.13. The molecule has 0 unspecified atom stereocenters. The molecule has 0 saturated heterocycles. The topological polar surface area (TPSA) is 53.7 Å². The lowest BCUT2D eigenvalue weighted by molar-refractivity contribution is -0.660. The fourth-order valence-electron chi connectivity index (χ4n) is 3.13. The molecular formula is C19H14N3O+. The highest BCUT2D eigenvalue weighted by molar-refractivity contribution is 6.09. The van der Waals surface area contributed by atoms with Crippen LogP contribution >= 0.6 is 0 Å². The summed E-state index contributed by atoms with van der Waals surface area (Å²) in [6.07, 6.45) is 3.68. The minimum absolute atomic E-state index is 0.563. The second-order valence-electron chi connectivity index (χ2n) is 5.58. The summed E-state index contributed by atoms with van der Waals surface area (Å²) in [7, 11) is 1.98. The molecule has 0 bridgehead atoms. The lowest BCUT2D eigenvalue weighted by Crippen LogP contribution is -2.30. The number of nitrogens with zero attached hydrogens (tertiary/aromatic N) is 3. The summed E-state index contributed by atoms with van der Waals surface area (Å²) >= 11 is 0. The van der Waals surface area contributed by atoms with Crippen LogP contribution in [0.2, 0.25) is 0 Å². The maximum Gasteiger partial charge on any atom is 0.227 e. The molecule has 3 aromatic heterocycles. The summed E-state index contributed by atoms with van der Waals surface area (Å²) in [6, 6.07) is 14.2. The number of aryl methyl sites for hydroxylation is 2. The molecule has 4 heteroatoms. The molecule has 0 saturated carbocycles. The van der Waals surface area contributed by atoms with Gasteiger partial charge in [0.1, 0.15) is 18.7 Å². The Hall–Kier alpha value is -3.19. The molecule has 0 fully saturated rings. The first kappa shape index (κ1) is 13.5. The minimum atomic E-state index is 0.563. The van der Waals surface area contributed by atoms with E-state index in [4.69, 9.17) is 4.42 Å². The van der Waals surface area contributed by atoms with Crippen LogP contribution < -0.4 is 4.57 Å². The summed E-state index contributed by atoms with van der Waals surface area (Å²) < 4.78 is 7.85. The number of hydrogen-bond acceptors (Lipinski definition) is 3. The zero-order valence-electron chi connectivity index (χ0n) is 12.9. The number of furan rings is 1. The SMILES string of the molecule is Cc1cc2oc3ncccc3c2c(C#N)c1-c1cccc[n+]1C.